The molecule has 1 atom stereocenters. The standard InChI is InChI=1S/C48H42F2N16O8S2/c1-25-10-11-30(24-67)37(17-25)63-65-42(29-8-6-5-7-9-29)66-64-39-22-34(75(69,70)71)21-38(41(39)68)54-48-58-44(50)56-46(60-48)52-28(4)23-51-45-55-43(49)57-47(59-45)53-31-12-14-32(15-13-31)61-62-33-19-27(3)35-16-26(2)18-40(36(35)20-33)76(72,73)74/h5-22,24,28,64,68H,23H2,1-4H3,(H,69,70,71)(H,72,73,74)(H2,51,53,55,57,59)(H2,52,54,56,58,60). The number of aromatic nitrogens is 6. The second-order valence-corrected chi connectivity index (χ2v) is 19.5. The van der Waals surface area contributed by atoms with Gasteiger partial charge in [0.25, 0.3) is 20.2 Å². The maximum absolute atomic E-state index is 14.9. The van der Waals surface area contributed by atoms with Gasteiger partial charge in [0.1, 0.15) is 10.6 Å². The van der Waals surface area contributed by atoms with Crippen LogP contribution < -0.4 is 26.7 Å². The predicted octanol–water partition coefficient (Wildman–Crippen LogP) is 9.80. The van der Waals surface area contributed by atoms with E-state index in [1.165, 1.54) is 12.1 Å². The number of carbonyl (C=O) groups is 1. The second-order valence-electron chi connectivity index (χ2n) is 16.7. The van der Waals surface area contributed by atoms with Crippen molar-refractivity contribution in [3.63, 3.8) is 0 Å². The van der Waals surface area contributed by atoms with Gasteiger partial charge in [-0.3, -0.25) is 19.3 Å². The summed E-state index contributed by atoms with van der Waals surface area (Å²) in [7, 11) is -9.46. The Balaban J connectivity index is 0.929. The van der Waals surface area contributed by atoms with E-state index < -0.39 is 60.7 Å². The molecule has 1 unspecified atom stereocenters. The highest BCUT2D eigenvalue weighted by molar-refractivity contribution is 7.86. The number of benzene rings is 6. The zero-order valence-electron chi connectivity index (χ0n) is 40.1. The van der Waals surface area contributed by atoms with Crippen molar-refractivity contribution in [1.82, 2.24) is 29.9 Å². The maximum atomic E-state index is 14.9. The number of nitrogens with one attached hydrogen (secondary N) is 5. The lowest BCUT2D eigenvalue weighted by molar-refractivity contribution is 0.112. The quantitative estimate of drug-likeness (QED) is 0.00753. The Bertz CT molecular complexity index is 3860. The topological polar surface area (TPSA) is 345 Å². The molecule has 8 rings (SSSR count). The average molecular weight is 1070 g/mol. The van der Waals surface area contributed by atoms with Gasteiger partial charge in [-0.1, -0.05) is 42.5 Å². The van der Waals surface area contributed by atoms with Gasteiger partial charge in [0.2, 0.25) is 29.6 Å². The van der Waals surface area contributed by atoms with E-state index in [-0.39, 0.29) is 52.1 Å². The summed E-state index contributed by atoms with van der Waals surface area (Å²) in [5.74, 6) is -1.96. The molecular weight excluding hydrogens is 1030 g/mol. The number of azo groups is 2. The highest BCUT2D eigenvalue weighted by Gasteiger charge is 2.21. The van der Waals surface area contributed by atoms with Crippen molar-refractivity contribution in [1.29, 1.82) is 0 Å². The number of phenolic OH excluding ortho intramolecular Hbond substituents is 1. The van der Waals surface area contributed by atoms with E-state index >= 15 is 0 Å². The van der Waals surface area contributed by atoms with Crippen LogP contribution in [0.5, 0.6) is 5.75 Å². The number of anilines is 7. The van der Waals surface area contributed by atoms with Crippen LogP contribution in [0.25, 0.3) is 10.8 Å². The fraction of sp³-hybridized carbons (Fsp3) is 0.125. The molecule has 0 aliphatic rings. The van der Waals surface area contributed by atoms with Crippen LogP contribution in [0.1, 0.15) is 39.5 Å². The molecule has 388 valence electrons. The summed E-state index contributed by atoms with van der Waals surface area (Å²) < 4.78 is 98.4. The third-order valence-corrected chi connectivity index (χ3v) is 12.4. The average Bonchev–Trinajstić information content (AvgIpc) is 3.37. The van der Waals surface area contributed by atoms with Gasteiger partial charge in [0.05, 0.1) is 27.6 Å². The Morgan fingerprint density at radius 2 is 1.33 bits per heavy atom. The maximum Gasteiger partial charge on any atom is 0.315 e. The summed E-state index contributed by atoms with van der Waals surface area (Å²) in [6.07, 6.45) is -1.81. The molecule has 0 aliphatic carbocycles. The van der Waals surface area contributed by atoms with Crippen molar-refractivity contribution in [3.05, 3.63) is 149 Å². The molecular formula is C48H42F2N16O8S2. The molecule has 76 heavy (non-hydrogen) atoms. The molecule has 0 aliphatic heterocycles. The van der Waals surface area contributed by atoms with Crippen LogP contribution in [0, 0.1) is 32.9 Å². The molecule has 8 aromatic rings. The monoisotopic (exact) mass is 1070 g/mol. The number of amidine groups is 1. The first-order valence-corrected chi connectivity index (χ1v) is 25.2. The summed E-state index contributed by atoms with van der Waals surface area (Å²) >= 11 is 0. The Kier molecular flexibility index (Phi) is 15.6. The minimum Gasteiger partial charge on any atom is -0.504 e. The molecule has 24 nitrogen and oxygen atoms in total. The molecule has 2 heterocycles. The van der Waals surface area contributed by atoms with Gasteiger partial charge in [-0.2, -0.15) is 70.9 Å². The van der Waals surface area contributed by atoms with E-state index in [9.17, 15) is 44.6 Å². The molecule has 0 saturated heterocycles. The van der Waals surface area contributed by atoms with Crippen molar-refractivity contribution >= 4 is 101 Å². The van der Waals surface area contributed by atoms with E-state index in [4.69, 9.17) is 0 Å². The predicted molar refractivity (Wildman–Crippen MR) is 277 cm³/mol. The van der Waals surface area contributed by atoms with Crippen molar-refractivity contribution in [2.75, 3.05) is 33.2 Å². The zero-order valence-corrected chi connectivity index (χ0v) is 41.8. The zero-order chi connectivity index (χ0) is 54.3. The number of fused-ring (bicyclic) bond motifs is 1. The van der Waals surface area contributed by atoms with Crippen LogP contribution in [0.3, 0.4) is 0 Å². The third-order valence-electron chi connectivity index (χ3n) is 10.7. The van der Waals surface area contributed by atoms with Crippen molar-refractivity contribution in [2.24, 2.45) is 25.6 Å². The van der Waals surface area contributed by atoms with Crippen molar-refractivity contribution < 1.29 is 44.6 Å². The van der Waals surface area contributed by atoms with E-state index in [0.29, 0.717) is 45.2 Å². The largest absolute Gasteiger partial charge is 0.504 e. The summed E-state index contributed by atoms with van der Waals surface area (Å²) in [6.45, 7) is 6.92. The molecule has 0 saturated carbocycles. The first-order chi connectivity index (χ1) is 36.2. The summed E-state index contributed by atoms with van der Waals surface area (Å²) in [6, 6.07) is 27.2. The highest BCUT2D eigenvalue weighted by Crippen LogP contribution is 2.37. The SMILES string of the molecule is Cc1ccc(C=O)c(N=NC(=NNc2cc(S(=O)(=O)O)cc(Nc3nc(F)nc(NC(C)CNc4nc(F)nc(Nc5ccc(N=Nc6cc(C)c7cc(C)cc(S(=O)(=O)O)c7c6)cc5)n4)n3)c2O)c2ccccc2)c1. The van der Waals surface area contributed by atoms with Crippen LogP contribution in [0.4, 0.5) is 66.7 Å². The Morgan fingerprint density at radius 3 is 2.03 bits per heavy atom. The normalized spacial score (nSPS) is 12.5. The molecule has 6 aromatic carbocycles. The van der Waals surface area contributed by atoms with Gasteiger partial charge in [-0.15, -0.1) is 10.2 Å². The smallest absolute Gasteiger partial charge is 0.315 e. The molecule has 0 bridgehead atoms. The number of hydrogen-bond donors (Lipinski definition) is 8. The number of aromatic hydroxyl groups is 1. The van der Waals surface area contributed by atoms with E-state index in [1.807, 2.05) is 6.07 Å². The van der Waals surface area contributed by atoms with Gasteiger partial charge in [-0.05, 0) is 117 Å². The van der Waals surface area contributed by atoms with Gasteiger partial charge < -0.3 is 26.4 Å². The number of rotatable bonds is 18. The molecule has 0 spiro atoms. The first kappa shape index (κ1) is 52.9. The van der Waals surface area contributed by atoms with E-state index in [1.54, 1.807) is 107 Å². The second kappa shape index (κ2) is 22.4. The molecule has 0 fully saturated rings. The lowest BCUT2D eigenvalue weighted by Crippen LogP contribution is -2.27. The van der Waals surface area contributed by atoms with Crippen LogP contribution >= 0.6 is 0 Å². The van der Waals surface area contributed by atoms with Gasteiger partial charge in [0.15, 0.2) is 12.0 Å². The number of carbonyl (C=O) groups excluding carboxylic acids is 1. The highest BCUT2D eigenvalue weighted by atomic mass is 32.2. The van der Waals surface area contributed by atoms with Crippen LogP contribution in [-0.2, 0) is 20.2 Å². The Morgan fingerprint density at radius 1 is 0.671 bits per heavy atom. The molecule has 28 heteroatoms. The number of aryl methyl sites for hydroxylation is 3. The lowest BCUT2D eigenvalue weighted by atomic mass is 10.0. The number of phenols is 1. The summed E-state index contributed by atoms with van der Waals surface area (Å²) in [5.41, 5.74) is 6.01. The summed E-state index contributed by atoms with van der Waals surface area (Å²) in [5, 5.41) is 44.4. The van der Waals surface area contributed by atoms with E-state index in [2.05, 4.69) is 82.2 Å². The third kappa shape index (κ3) is 13.4. The molecule has 2 aromatic heterocycles. The Hall–Kier alpha value is -9.38. The van der Waals surface area contributed by atoms with Crippen molar-refractivity contribution in [3.8, 4) is 5.75 Å². The number of aldehydes is 1. The van der Waals surface area contributed by atoms with E-state index in [0.717, 1.165) is 23.3 Å². The van der Waals surface area contributed by atoms with Crippen LogP contribution in [0.2, 0.25) is 0 Å². The fourth-order valence-corrected chi connectivity index (χ4v) is 8.49. The van der Waals surface area contributed by atoms with Gasteiger partial charge in [0, 0.05) is 34.8 Å². The van der Waals surface area contributed by atoms with Gasteiger partial charge >= 0.3 is 12.2 Å². The first-order valence-electron chi connectivity index (χ1n) is 22.3. The minimum absolute atomic E-state index is 0.0212. The number of halogens is 2. The minimum atomic E-state index is -4.94. The molecule has 8 N–H and O–H groups in total. The van der Waals surface area contributed by atoms with Crippen LogP contribution in [-0.4, -0.2) is 85.7 Å². The Labute approximate surface area is 431 Å². The van der Waals surface area contributed by atoms with Crippen molar-refractivity contribution in [2.45, 2.75) is 43.5 Å². The molecule has 0 amide bonds. The molecule has 0 radical (unpaired) electrons. The fourth-order valence-electron chi connectivity index (χ4n) is 7.17. The number of hydrogen-bond acceptors (Lipinski definition) is 21. The summed E-state index contributed by atoms with van der Waals surface area (Å²) in [4.78, 5) is 33.7. The van der Waals surface area contributed by atoms with Crippen LogP contribution in [0.15, 0.2) is 145 Å². The number of hydrazone groups is 1. The lowest BCUT2D eigenvalue weighted by Gasteiger charge is -2.16. The van der Waals surface area contributed by atoms with Gasteiger partial charge in [-0.25, -0.2) is 0 Å². The number of nitrogens with zero attached hydrogens (tertiary/aromatic N) is 11.